The Morgan fingerprint density at radius 3 is 2.75 bits per heavy atom. The third kappa shape index (κ3) is 0.998. The summed E-state index contributed by atoms with van der Waals surface area (Å²) in [6.07, 6.45) is 0. The zero-order valence-corrected chi connectivity index (χ0v) is 7.33. The lowest BCUT2D eigenvalue weighted by Crippen LogP contribution is -1.86. The fourth-order valence-electron chi connectivity index (χ4n) is 1.42. The first-order chi connectivity index (χ1) is 5.79. The molecule has 2 heteroatoms. The highest BCUT2D eigenvalue weighted by Gasteiger charge is 2.06. The predicted octanol–water partition coefficient (Wildman–Crippen LogP) is 2.69. The molecule has 0 saturated carbocycles. The van der Waals surface area contributed by atoms with Gasteiger partial charge in [0.1, 0.15) is 0 Å². The van der Waals surface area contributed by atoms with Crippen LogP contribution < -0.4 is 0 Å². The van der Waals surface area contributed by atoms with Crippen molar-refractivity contribution in [3.63, 3.8) is 0 Å². The lowest BCUT2D eigenvalue weighted by molar-refractivity contribution is 0.818. The van der Waals surface area contributed by atoms with Crippen molar-refractivity contribution in [1.29, 1.82) is 0 Å². The largest absolute Gasteiger partial charge is 0.281 e. The molecule has 1 heterocycles. The van der Waals surface area contributed by atoms with E-state index in [0.29, 0.717) is 5.92 Å². The zero-order chi connectivity index (χ0) is 8.55. The van der Waals surface area contributed by atoms with Crippen molar-refractivity contribution in [3.05, 3.63) is 30.0 Å². The second-order valence-corrected chi connectivity index (χ2v) is 3.31. The number of hydrogen-bond donors (Lipinski definition) is 1. The van der Waals surface area contributed by atoms with Crippen LogP contribution in [0.3, 0.4) is 0 Å². The van der Waals surface area contributed by atoms with Crippen LogP contribution in [0.1, 0.15) is 25.5 Å². The quantitative estimate of drug-likeness (QED) is 0.682. The van der Waals surface area contributed by atoms with E-state index in [1.807, 2.05) is 18.2 Å². The summed E-state index contributed by atoms with van der Waals surface area (Å²) in [6, 6.07) is 8.18. The third-order valence-corrected chi connectivity index (χ3v) is 2.07. The van der Waals surface area contributed by atoms with Crippen LogP contribution >= 0.6 is 0 Å². The van der Waals surface area contributed by atoms with Gasteiger partial charge in [0.25, 0.3) is 0 Å². The van der Waals surface area contributed by atoms with Gasteiger partial charge in [0.05, 0.1) is 5.52 Å². The number of benzene rings is 1. The Bertz CT molecular complexity index is 387. The molecule has 2 rings (SSSR count). The Hall–Kier alpha value is -1.31. The van der Waals surface area contributed by atoms with Crippen LogP contribution in [0, 0.1) is 0 Å². The van der Waals surface area contributed by atoms with Gasteiger partial charge in [-0.05, 0) is 12.0 Å². The monoisotopic (exact) mass is 160 g/mol. The molecule has 62 valence electrons. The molecular weight excluding hydrogens is 148 g/mol. The summed E-state index contributed by atoms with van der Waals surface area (Å²) in [5, 5.41) is 8.52. The van der Waals surface area contributed by atoms with Gasteiger partial charge in [-0.2, -0.15) is 5.10 Å². The minimum absolute atomic E-state index is 0.511. The Morgan fingerprint density at radius 1 is 1.25 bits per heavy atom. The Kier molecular flexibility index (Phi) is 1.61. The summed E-state index contributed by atoms with van der Waals surface area (Å²) in [4.78, 5) is 0. The number of rotatable bonds is 1. The Morgan fingerprint density at radius 2 is 2.00 bits per heavy atom. The Balaban J connectivity index is 2.70. The number of H-pyrrole nitrogens is 1. The summed E-state index contributed by atoms with van der Waals surface area (Å²) in [7, 11) is 0. The number of para-hydroxylation sites is 1. The number of aromatic nitrogens is 2. The van der Waals surface area contributed by atoms with Gasteiger partial charge in [-0.3, -0.25) is 5.10 Å². The van der Waals surface area contributed by atoms with Crippen molar-refractivity contribution in [2.75, 3.05) is 0 Å². The molecule has 0 radical (unpaired) electrons. The summed E-state index contributed by atoms with van der Waals surface area (Å²) < 4.78 is 0. The maximum absolute atomic E-state index is 4.21. The molecule has 0 fully saturated rings. The highest BCUT2D eigenvalue weighted by molar-refractivity contribution is 5.81. The molecule has 0 spiro atoms. The molecule has 0 aliphatic rings. The van der Waals surface area contributed by atoms with Gasteiger partial charge in [-0.1, -0.05) is 32.0 Å². The Labute approximate surface area is 71.6 Å². The van der Waals surface area contributed by atoms with E-state index in [4.69, 9.17) is 0 Å². The molecule has 0 aliphatic heterocycles. The standard InChI is InChI=1S/C10H12N2/c1-7(2)10-8-5-3-4-6-9(8)11-12-10/h3-7H,1-2H3,(H,11,12). The molecule has 0 unspecified atom stereocenters. The molecule has 2 aromatic rings. The summed E-state index contributed by atoms with van der Waals surface area (Å²) in [5.74, 6) is 0.511. The first-order valence-electron chi connectivity index (χ1n) is 4.22. The van der Waals surface area contributed by atoms with Crippen molar-refractivity contribution >= 4 is 10.9 Å². The summed E-state index contributed by atoms with van der Waals surface area (Å²) >= 11 is 0. The highest BCUT2D eigenvalue weighted by atomic mass is 15.1. The molecule has 0 bridgehead atoms. The molecule has 2 nitrogen and oxygen atoms in total. The van der Waals surface area contributed by atoms with Crippen LogP contribution in [0.15, 0.2) is 24.3 Å². The van der Waals surface area contributed by atoms with Crippen molar-refractivity contribution in [1.82, 2.24) is 10.2 Å². The highest BCUT2D eigenvalue weighted by Crippen LogP contribution is 2.21. The van der Waals surface area contributed by atoms with Crippen LogP contribution in [-0.4, -0.2) is 10.2 Å². The number of nitrogens with one attached hydrogen (secondary N) is 1. The molecule has 0 amide bonds. The van der Waals surface area contributed by atoms with E-state index in [-0.39, 0.29) is 0 Å². The second-order valence-electron chi connectivity index (χ2n) is 3.31. The maximum Gasteiger partial charge on any atom is 0.0923 e. The van der Waals surface area contributed by atoms with Gasteiger partial charge in [-0.15, -0.1) is 0 Å². The minimum atomic E-state index is 0.511. The van der Waals surface area contributed by atoms with Gasteiger partial charge in [0, 0.05) is 11.1 Å². The maximum atomic E-state index is 4.21. The van der Waals surface area contributed by atoms with E-state index in [1.165, 1.54) is 11.1 Å². The molecule has 12 heavy (non-hydrogen) atoms. The lowest BCUT2D eigenvalue weighted by Gasteiger charge is -1.99. The van der Waals surface area contributed by atoms with Crippen molar-refractivity contribution in [3.8, 4) is 0 Å². The second kappa shape index (κ2) is 2.63. The van der Waals surface area contributed by atoms with Crippen molar-refractivity contribution in [2.24, 2.45) is 0 Å². The normalized spacial score (nSPS) is 11.2. The molecule has 1 aromatic carbocycles. The van der Waals surface area contributed by atoms with Crippen LogP contribution in [-0.2, 0) is 0 Å². The van der Waals surface area contributed by atoms with E-state index < -0.39 is 0 Å². The van der Waals surface area contributed by atoms with Crippen LogP contribution in [0.5, 0.6) is 0 Å². The van der Waals surface area contributed by atoms with Crippen LogP contribution in [0.2, 0.25) is 0 Å². The molecule has 0 saturated heterocycles. The van der Waals surface area contributed by atoms with E-state index >= 15 is 0 Å². The first-order valence-corrected chi connectivity index (χ1v) is 4.22. The lowest BCUT2D eigenvalue weighted by atomic mass is 10.1. The number of hydrogen-bond acceptors (Lipinski definition) is 1. The average molecular weight is 160 g/mol. The molecule has 0 atom stereocenters. The van der Waals surface area contributed by atoms with Crippen molar-refractivity contribution < 1.29 is 0 Å². The number of nitrogens with zero attached hydrogens (tertiary/aromatic N) is 1. The van der Waals surface area contributed by atoms with E-state index in [9.17, 15) is 0 Å². The molecule has 0 aliphatic carbocycles. The fourth-order valence-corrected chi connectivity index (χ4v) is 1.42. The van der Waals surface area contributed by atoms with Gasteiger partial charge in [0.15, 0.2) is 0 Å². The fraction of sp³-hybridized carbons (Fsp3) is 0.300. The van der Waals surface area contributed by atoms with Gasteiger partial charge < -0.3 is 0 Å². The summed E-state index contributed by atoms with van der Waals surface area (Å²) in [5.41, 5.74) is 2.28. The van der Waals surface area contributed by atoms with E-state index in [0.717, 1.165) is 5.52 Å². The average Bonchev–Trinajstić information content (AvgIpc) is 2.47. The SMILES string of the molecule is CC(C)c1[nH]nc2ccccc12. The first kappa shape index (κ1) is 7.35. The van der Waals surface area contributed by atoms with Gasteiger partial charge in [0.2, 0.25) is 0 Å². The topological polar surface area (TPSA) is 28.7 Å². The number of aromatic amines is 1. The predicted molar refractivity (Wildman–Crippen MR) is 50.2 cm³/mol. The molecular formula is C10H12N2. The minimum Gasteiger partial charge on any atom is -0.281 e. The van der Waals surface area contributed by atoms with Crippen LogP contribution in [0.4, 0.5) is 0 Å². The van der Waals surface area contributed by atoms with Gasteiger partial charge >= 0.3 is 0 Å². The van der Waals surface area contributed by atoms with Gasteiger partial charge in [-0.25, -0.2) is 0 Å². The van der Waals surface area contributed by atoms with Crippen LogP contribution in [0.25, 0.3) is 10.9 Å². The third-order valence-electron chi connectivity index (χ3n) is 2.07. The van der Waals surface area contributed by atoms with E-state index in [2.05, 4.69) is 30.1 Å². The van der Waals surface area contributed by atoms with E-state index in [1.54, 1.807) is 0 Å². The smallest absolute Gasteiger partial charge is 0.0923 e. The molecule has 1 N–H and O–H groups in total. The molecule has 1 aromatic heterocycles. The van der Waals surface area contributed by atoms with Crippen molar-refractivity contribution in [2.45, 2.75) is 19.8 Å². The zero-order valence-electron chi connectivity index (χ0n) is 7.33. The summed E-state index contributed by atoms with van der Waals surface area (Å²) in [6.45, 7) is 4.33. The number of fused-ring (bicyclic) bond motifs is 1.